The van der Waals surface area contributed by atoms with Crippen molar-refractivity contribution >= 4 is 5.97 Å². The largest absolute Gasteiger partial charge is 0.490 e. The first-order chi connectivity index (χ1) is 15.8. The van der Waals surface area contributed by atoms with Crippen molar-refractivity contribution < 1.29 is 27.8 Å². The van der Waals surface area contributed by atoms with Crippen LogP contribution in [0, 0.1) is 11.3 Å². The zero-order chi connectivity index (χ0) is 23.8. The van der Waals surface area contributed by atoms with Gasteiger partial charge in [0, 0.05) is 18.7 Å². The number of ether oxygens (including phenoxy) is 1. The number of fused-ring (bicyclic) bond motifs is 1. The molecule has 0 saturated carbocycles. The first-order valence-electron chi connectivity index (χ1n) is 9.87. The van der Waals surface area contributed by atoms with Crippen LogP contribution in [-0.2, 0) is 29.2 Å². The normalized spacial score (nSPS) is 15.0. The Morgan fingerprint density at radius 3 is 2.64 bits per heavy atom. The van der Waals surface area contributed by atoms with Gasteiger partial charge in [-0.3, -0.25) is 0 Å². The standard InChI is InChI=1S/C20H19N5O.C2HF3O2/c21-10-15-5-4-6-16(9-15)11-22-12-18-13-25-19(14-26-18)20(23-24-25)17-7-2-1-3-8-17;3-2(4,5)1(6)7/h1-9,18,22H,11-14H2;(H,6,7). The lowest BCUT2D eigenvalue weighted by Gasteiger charge is -2.24. The summed E-state index contributed by atoms with van der Waals surface area (Å²) in [5, 5.41) is 28.1. The SMILES string of the molecule is N#Cc1cccc(CNCC2Cn3nnc(-c4ccccc4)c3CO2)c1.O=C(O)C(F)(F)F. The summed E-state index contributed by atoms with van der Waals surface area (Å²) in [4.78, 5) is 8.90. The van der Waals surface area contributed by atoms with Crippen molar-refractivity contribution in [2.45, 2.75) is 32.0 Å². The van der Waals surface area contributed by atoms with Crippen LogP contribution in [0.25, 0.3) is 11.3 Å². The van der Waals surface area contributed by atoms with Gasteiger partial charge in [-0.1, -0.05) is 47.7 Å². The Morgan fingerprint density at radius 2 is 1.97 bits per heavy atom. The molecule has 0 bridgehead atoms. The Balaban J connectivity index is 0.000000383. The Morgan fingerprint density at radius 1 is 1.24 bits per heavy atom. The van der Waals surface area contributed by atoms with Gasteiger partial charge < -0.3 is 15.2 Å². The fourth-order valence-corrected chi connectivity index (χ4v) is 3.14. The number of rotatable bonds is 5. The number of hydrogen-bond acceptors (Lipinski definition) is 6. The van der Waals surface area contributed by atoms with E-state index in [1.54, 1.807) is 0 Å². The molecule has 4 rings (SSSR count). The van der Waals surface area contributed by atoms with Crippen molar-refractivity contribution in [1.82, 2.24) is 20.3 Å². The van der Waals surface area contributed by atoms with Crippen LogP contribution in [0.3, 0.4) is 0 Å². The van der Waals surface area contributed by atoms with Crippen molar-refractivity contribution in [2.24, 2.45) is 0 Å². The second-order valence-corrected chi connectivity index (χ2v) is 7.11. The lowest BCUT2D eigenvalue weighted by Crippen LogP contribution is -2.36. The highest BCUT2D eigenvalue weighted by atomic mass is 19.4. The summed E-state index contributed by atoms with van der Waals surface area (Å²) >= 11 is 0. The van der Waals surface area contributed by atoms with E-state index in [1.165, 1.54) is 0 Å². The summed E-state index contributed by atoms with van der Waals surface area (Å²) < 4.78 is 39.7. The number of carboxylic acids is 1. The van der Waals surface area contributed by atoms with Gasteiger partial charge >= 0.3 is 12.1 Å². The summed E-state index contributed by atoms with van der Waals surface area (Å²) in [6.45, 7) is 2.61. The van der Waals surface area contributed by atoms with Gasteiger partial charge in [0.05, 0.1) is 36.6 Å². The first-order valence-corrected chi connectivity index (χ1v) is 9.87. The molecule has 33 heavy (non-hydrogen) atoms. The molecule has 0 amide bonds. The molecule has 1 unspecified atom stereocenters. The van der Waals surface area contributed by atoms with Crippen molar-refractivity contribution in [2.75, 3.05) is 6.54 Å². The average molecular weight is 459 g/mol. The minimum Gasteiger partial charge on any atom is -0.475 e. The van der Waals surface area contributed by atoms with E-state index in [2.05, 4.69) is 21.7 Å². The Kier molecular flexibility index (Phi) is 7.76. The van der Waals surface area contributed by atoms with E-state index in [-0.39, 0.29) is 6.10 Å². The number of nitriles is 1. The second-order valence-electron chi connectivity index (χ2n) is 7.11. The number of aliphatic carboxylic acids is 1. The van der Waals surface area contributed by atoms with Gasteiger partial charge in [-0.05, 0) is 17.7 Å². The Hall–Kier alpha value is -3.75. The maximum absolute atomic E-state index is 10.6. The minimum atomic E-state index is -5.08. The molecule has 0 aliphatic carbocycles. The number of aromatic nitrogens is 3. The van der Waals surface area contributed by atoms with Crippen molar-refractivity contribution in [1.29, 1.82) is 5.26 Å². The van der Waals surface area contributed by atoms with Crippen LogP contribution in [0.4, 0.5) is 13.2 Å². The second kappa shape index (κ2) is 10.7. The van der Waals surface area contributed by atoms with Crippen LogP contribution in [0.1, 0.15) is 16.8 Å². The van der Waals surface area contributed by atoms with E-state index in [4.69, 9.17) is 19.9 Å². The first kappa shape index (κ1) is 23.9. The van der Waals surface area contributed by atoms with Gasteiger partial charge in [0.1, 0.15) is 5.69 Å². The van der Waals surface area contributed by atoms with Gasteiger partial charge in [-0.15, -0.1) is 5.10 Å². The quantitative estimate of drug-likeness (QED) is 0.603. The van der Waals surface area contributed by atoms with Gasteiger partial charge in [0.25, 0.3) is 0 Å². The molecule has 0 radical (unpaired) electrons. The van der Waals surface area contributed by atoms with Crippen molar-refractivity contribution in [3.8, 4) is 17.3 Å². The van der Waals surface area contributed by atoms with E-state index >= 15 is 0 Å². The van der Waals surface area contributed by atoms with Gasteiger partial charge in [-0.25, -0.2) is 9.48 Å². The van der Waals surface area contributed by atoms with Crippen LogP contribution in [0.2, 0.25) is 0 Å². The van der Waals surface area contributed by atoms with E-state index < -0.39 is 12.1 Å². The molecule has 3 aromatic rings. The highest BCUT2D eigenvalue weighted by molar-refractivity contribution is 5.73. The topological polar surface area (TPSA) is 113 Å². The van der Waals surface area contributed by atoms with E-state index in [0.717, 1.165) is 29.1 Å². The lowest BCUT2D eigenvalue weighted by atomic mass is 10.1. The molecule has 1 aliphatic heterocycles. The summed E-state index contributed by atoms with van der Waals surface area (Å²) in [6, 6.07) is 19.8. The summed E-state index contributed by atoms with van der Waals surface area (Å²) in [6.07, 6.45) is -5.04. The fourth-order valence-electron chi connectivity index (χ4n) is 3.14. The monoisotopic (exact) mass is 459 g/mol. The van der Waals surface area contributed by atoms with Gasteiger partial charge in [0.15, 0.2) is 0 Å². The molecule has 11 heteroatoms. The third-order valence-electron chi connectivity index (χ3n) is 4.72. The molecule has 2 N–H and O–H groups in total. The predicted molar refractivity (Wildman–Crippen MR) is 111 cm³/mol. The number of nitrogens with zero attached hydrogens (tertiary/aromatic N) is 4. The zero-order valence-corrected chi connectivity index (χ0v) is 17.3. The van der Waals surface area contributed by atoms with Gasteiger partial charge in [0.2, 0.25) is 0 Å². The number of hydrogen-bond donors (Lipinski definition) is 2. The third kappa shape index (κ3) is 6.61. The fraction of sp³-hybridized carbons (Fsp3) is 0.273. The highest BCUT2D eigenvalue weighted by Gasteiger charge is 2.38. The third-order valence-corrected chi connectivity index (χ3v) is 4.72. The van der Waals surface area contributed by atoms with Gasteiger partial charge in [-0.2, -0.15) is 18.4 Å². The molecule has 8 nitrogen and oxygen atoms in total. The van der Waals surface area contributed by atoms with Crippen molar-refractivity contribution in [3.63, 3.8) is 0 Å². The summed E-state index contributed by atoms with van der Waals surface area (Å²) in [7, 11) is 0. The number of benzene rings is 2. The molecule has 1 aromatic heterocycles. The Labute approximate surface area is 187 Å². The maximum Gasteiger partial charge on any atom is 0.490 e. The van der Waals surface area contributed by atoms with E-state index in [1.807, 2.05) is 59.3 Å². The Bertz CT molecular complexity index is 1130. The van der Waals surface area contributed by atoms with Crippen LogP contribution in [0.5, 0.6) is 0 Å². The van der Waals surface area contributed by atoms with Crippen LogP contribution in [0.15, 0.2) is 54.6 Å². The molecule has 2 aromatic carbocycles. The lowest BCUT2D eigenvalue weighted by molar-refractivity contribution is -0.192. The molecule has 0 spiro atoms. The number of alkyl halides is 3. The number of halogens is 3. The van der Waals surface area contributed by atoms with Crippen molar-refractivity contribution in [3.05, 3.63) is 71.4 Å². The number of nitrogens with one attached hydrogen (secondary N) is 1. The molecular formula is C22H20F3N5O3. The minimum absolute atomic E-state index is 0.0481. The molecule has 0 fully saturated rings. The van der Waals surface area contributed by atoms with E-state index in [9.17, 15) is 13.2 Å². The van der Waals surface area contributed by atoms with E-state index in [0.29, 0.717) is 25.3 Å². The number of carbonyl (C=O) groups is 1. The molecule has 0 saturated heterocycles. The smallest absolute Gasteiger partial charge is 0.475 e. The molecule has 1 aliphatic rings. The molecule has 2 heterocycles. The molecule has 1 atom stereocenters. The number of carboxylic acid groups (broad SMARTS) is 1. The maximum atomic E-state index is 10.6. The summed E-state index contributed by atoms with van der Waals surface area (Å²) in [5.41, 5.74) is 4.75. The zero-order valence-electron chi connectivity index (χ0n) is 17.3. The predicted octanol–water partition coefficient (Wildman–Crippen LogP) is 3.14. The average Bonchev–Trinajstić information content (AvgIpc) is 3.23. The summed E-state index contributed by atoms with van der Waals surface area (Å²) in [5.74, 6) is -2.76. The van der Waals surface area contributed by atoms with Crippen LogP contribution in [-0.4, -0.2) is 44.9 Å². The molecule has 172 valence electrons. The molecular weight excluding hydrogens is 439 g/mol. The van der Waals surface area contributed by atoms with Crippen LogP contribution < -0.4 is 5.32 Å². The van der Waals surface area contributed by atoms with Crippen LogP contribution >= 0.6 is 0 Å². The highest BCUT2D eigenvalue weighted by Crippen LogP contribution is 2.24.